The third-order valence-corrected chi connectivity index (χ3v) is 3.80. The molecule has 0 amide bonds. The number of oxazole rings is 1. The molecular formula is C13H16N4O. The van der Waals surface area contributed by atoms with Crippen molar-refractivity contribution in [3.05, 3.63) is 23.8 Å². The predicted molar refractivity (Wildman–Crippen MR) is 65.9 cm³/mol. The molecule has 5 nitrogen and oxygen atoms in total. The van der Waals surface area contributed by atoms with Crippen molar-refractivity contribution in [3.63, 3.8) is 0 Å². The number of nitrogens with zero attached hydrogens (tertiary/aromatic N) is 3. The van der Waals surface area contributed by atoms with Crippen molar-refractivity contribution in [2.45, 2.75) is 32.4 Å². The lowest BCUT2D eigenvalue weighted by Gasteiger charge is -2.15. The van der Waals surface area contributed by atoms with Crippen LogP contribution in [0, 0.1) is 5.92 Å². The van der Waals surface area contributed by atoms with Crippen LogP contribution in [0.1, 0.15) is 24.1 Å². The van der Waals surface area contributed by atoms with Gasteiger partial charge in [0.25, 0.3) is 0 Å². The van der Waals surface area contributed by atoms with Gasteiger partial charge >= 0.3 is 0 Å². The molecule has 4 rings (SSSR count). The summed E-state index contributed by atoms with van der Waals surface area (Å²) in [6, 6.07) is 0. The number of fused-ring (bicyclic) bond motifs is 1. The minimum Gasteiger partial charge on any atom is -0.442 e. The van der Waals surface area contributed by atoms with Crippen molar-refractivity contribution in [1.82, 2.24) is 20.1 Å². The number of rotatable bonds is 3. The fourth-order valence-electron chi connectivity index (χ4n) is 2.65. The smallest absolute Gasteiger partial charge is 0.181 e. The average Bonchev–Trinajstić information content (AvgIpc) is 2.92. The lowest BCUT2D eigenvalue weighted by molar-refractivity contribution is 0.518. The molecule has 2 aromatic rings. The standard InChI is InChI=1S/C13H16N4O/c1-2-9(1)7-17-11-3-4-14-5-10(11)13(16-17)12-6-15-8-18-12/h6,8-9,14H,1-5,7H2. The first-order valence-electron chi connectivity index (χ1n) is 6.60. The molecule has 1 N–H and O–H groups in total. The second kappa shape index (κ2) is 3.95. The maximum atomic E-state index is 5.40. The maximum absolute atomic E-state index is 5.40. The summed E-state index contributed by atoms with van der Waals surface area (Å²) in [4.78, 5) is 3.99. The molecule has 0 unspecified atom stereocenters. The molecule has 0 saturated heterocycles. The molecule has 0 radical (unpaired) electrons. The lowest BCUT2D eigenvalue weighted by Crippen LogP contribution is -2.25. The Morgan fingerprint density at radius 2 is 2.39 bits per heavy atom. The summed E-state index contributed by atoms with van der Waals surface area (Å²) in [5.41, 5.74) is 3.64. The lowest BCUT2D eigenvalue weighted by atomic mass is 10.1. The zero-order valence-electron chi connectivity index (χ0n) is 10.2. The summed E-state index contributed by atoms with van der Waals surface area (Å²) in [6.45, 7) is 2.99. The molecule has 0 atom stereocenters. The van der Waals surface area contributed by atoms with Crippen LogP contribution in [0.3, 0.4) is 0 Å². The first-order chi connectivity index (χ1) is 8.92. The number of nitrogens with one attached hydrogen (secondary N) is 1. The van der Waals surface area contributed by atoms with Gasteiger partial charge in [-0.3, -0.25) is 4.68 Å². The van der Waals surface area contributed by atoms with Crippen LogP contribution in [-0.2, 0) is 19.5 Å². The Bertz CT molecular complexity index is 554. The van der Waals surface area contributed by atoms with E-state index in [9.17, 15) is 0 Å². The first-order valence-corrected chi connectivity index (χ1v) is 6.60. The Kier molecular flexibility index (Phi) is 2.26. The van der Waals surface area contributed by atoms with Gasteiger partial charge in [-0.2, -0.15) is 5.10 Å². The van der Waals surface area contributed by atoms with Crippen molar-refractivity contribution in [3.8, 4) is 11.5 Å². The fraction of sp³-hybridized carbons (Fsp3) is 0.538. The number of hydrogen-bond acceptors (Lipinski definition) is 4. The van der Waals surface area contributed by atoms with Crippen molar-refractivity contribution in [1.29, 1.82) is 0 Å². The van der Waals surface area contributed by atoms with Crippen LogP contribution < -0.4 is 5.32 Å². The van der Waals surface area contributed by atoms with Gasteiger partial charge in [-0.15, -0.1) is 0 Å². The van der Waals surface area contributed by atoms with E-state index < -0.39 is 0 Å². The Hall–Kier alpha value is -1.62. The monoisotopic (exact) mass is 244 g/mol. The van der Waals surface area contributed by atoms with Gasteiger partial charge in [0.1, 0.15) is 5.69 Å². The Morgan fingerprint density at radius 1 is 1.44 bits per heavy atom. The highest BCUT2D eigenvalue weighted by Crippen LogP contribution is 2.33. The van der Waals surface area contributed by atoms with Crippen LogP contribution >= 0.6 is 0 Å². The highest BCUT2D eigenvalue weighted by atomic mass is 16.3. The van der Waals surface area contributed by atoms with Crippen LogP contribution in [-0.4, -0.2) is 21.3 Å². The largest absolute Gasteiger partial charge is 0.442 e. The Morgan fingerprint density at radius 3 is 3.17 bits per heavy atom. The highest BCUT2D eigenvalue weighted by Gasteiger charge is 2.27. The third kappa shape index (κ3) is 1.66. The third-order valence-electron chi connectivity index (χ3n) is 3.80. The van der Waals surface area contributed by atoms with Crippen molar-refractivity contribution in [2.24, 2.45) is 5.92 Å². The molecule has 5 heteroatoms. The van der Waals surface area contributed by atoms with E-state index in [1.807, 2.05) is 0 Å². The van der Waals surface area contributed by atoms with E-state index in [0.29, 0.717) is 0 Å². The van der Waals surface area contributed by atoms with Crippen molar-refractivity contribution in [2.75, 3.05) is 6.54 Å². The normalized spacial score (nSPS) is 18.9. The van der Waals surface area contributed by atoms with Crippen LogP contribution in [0.2, 0.25) is 0 Å². The predicted octanol–water partition coefficient (Wildman–Crippen LogP) is 1.59. The minimum atomic E-state index is 0.782. The summed E-state index contributed by atoms with van der Waals surface area (Å²) in [5.74, 6) is 1.62. The molecule has 0 spiro atoms. The molecule has 94 valence electrons. The topological polar surface area (TPSA) is 55.9 Å². The minimum absolute atomic E-state index is 0.782. The van der Waals surface area contributed by atoms with Crippen LogP contribution in [0.15, 0.2) is 17.0 Å². The Labute approximate surface area is 105 Å². The second-order valence-corrected chi connectivity index (χ2v) is 5.19. The molecule has 2 aromatic heterocycles. The van der Waals surface area contributed by atoms with E-state index in [1.165, 1.54) is 30.5 Å². The van der Waals surface area contributed by atoms with Gasteiger partial charge in [0, 0.05) is 37.3 Å². The number of aromatic nitrogens is 3. The Balaban J connectivity index is 1.79. The molecule has 1 aliphatic carbocycles. The van der Waals surface area contributed by atoms with Gasteiger partial charge < -0.3 is 9.73 Å². The molecule has 0 aromatic carbocycles. The van der Waals surface area contributed by atoms with Gasteiger partial charge in [-0.05, 0) is 18.8 Å². The maximum Gasteiger partial charge on any atom is 0.181 e. The highest BCUT2D eigenvalue weighted by molar-refractivity contribution is 5.58. The summed E-state index contributed by atoms with van der Waals surface area (Å²) in [7, 11) is 0. The van der Waals surface area contributed by atoms with Crippen LogP contribution in [0.5, 0.6) is 0 Å². The van der Waals surface area contributed by atoms with Gasteiger partial charge in [-0.25, -0.2) is 4.98 Å². The zero-order chi connectivity index (χ0) is 11.9. The van der Waals surface area contributed by atoms with E-state index >= 15 is 0 Å². The molecule has 2 aliphatic rings. The van der Waals surface area contributed by atoms with Gasteiger partial charge in [0.05, 0.1) is 6.20 Å². The van der Waals surface area contributed by atoms with E-state index in [2.05, 4.69) is 15.0 Å². The number of hydrogen-bond donors (Lipinski definition) is 1. The van der Waals surface area contributed by atoms with Gasteiger partial charge in [-0.1, -0.05) is 0 Å². The van der Waals surface area contributed by atoms with Crippen LogP contribution in [0.25, 0.3) is 11.5 Å². The summed E-state index contributed by atoms with van der Waals surface area (Å²) >= 11 is 0. The van der Waals surface area contributed by atoms with E-state index in [-0.39, 0.29) is 0 Å². The molecule has 3 heterocycles. The van der Waals surface area contributed by atoms with E-state index in [0.717, 1.165) is 43.4 Å². The molecule has 1 aliphatic heterocycles. The fourth-order valence-corrected chi connectivity index (χ4v) is 2.65. The average molecular weight is 244 g/mol. The van der Waals surface area contributed by atoms with Crippen molar-refractivity contribution < 1.29 is 4.42 Å². The summed E-state index contributed by atoms with van der Waals surface area (Å²) in [5, 5.41) is 8.17. The van der Waals surface area contributed by atoms with Crippen molar-refractivity contribution >= 4 is 0 Å². The zero-order valence-corrected chi connectivity index (χ0v) is 10.2. The molecule has 1 saturated carbocycles. The molecule has 0 bridgehead atoms. The first kappa shape index (κ1) is 10.3. The summed E-state index contributed by atoms with van der Waals surface area (Å²) in [6.07, 6.45) is 6.98. The van der Waals surface area contributed by atoms with E-state index in [4.69, 9.17) is 9.52 Å². The molecular weight excluding hydrogens is 228 g/mol. The van der Waals surface area contributed by atoms with E-state index in [1.54, 1.807) is 6.20 Å². The molecule has 1 fully saturated rings. The second-order valence-electron chi connectivity index (χ2n) is 5.19. The SMILES string of the molecule is c1ncc(-c2nn(CC3CC3)c3c2CNCC3)o1. The van der Waals surface area contributed by atoms with Gasteiger partial charge in [0.2, 0.25) is 0 Å². The molecule has 18 heavy (non-hydrogen) atoms. The summed E-state index contributed by atoms with van der Waals surface area (Å²) < 4.78 is 7.60. The quantitative estimate of drug-likeness (QED) is 0.891. The van der Waals surface area contributed by atoms with Gasteiger partial charge in [0.15, 0.2) is 12.2 Å². The van der Waals surface area contributed by atoms with Crippen LogP contribution in [0.4, 0.5) is 0 Å².